The fourth-order valence-corrected chi connectivity index (χ4v) is 1.77. The van der Waals surface area contributed by atoms with Gasteiger partial charge in [-0.05, 0) is 13.3 Å². The zero-order chi connectivity index (χ0) is 11.4. The summed E-state index contributed by atoms with van der Waals surface area (Å²) in [6.45, 7) is 4.04. The molecule has 15 heavy (non-hydrogen) atoms. The molecule has 0 aliphatic carbocycles. The zero-order valence-corrected chi connectivity index (χ0v) is 9.12. The van der Waals surface area contributed by atoms with Crippen LogP contribution in [0.4, 0.5) is 0 Å². The van der Waals surface area contributed by atoms with Crippen molar-refractivity contribution in [2.24, 2.45) is 0 Å². The summed E-state index contributed by atoms with van der Waals surface area (Å²) in [6.07, 6.45) is 6.27. The van der Waals surface area contributed by atoms with E-state index in [0.29, 0.717) is 19.4 Å². The van der Waals surface area contributed by atoms with Gasteiger partial charge in [-0.25, -0.2) is 0 Å². The number of carbonyl (C=O) groups excluding carboxylic acids is 2. The molecule has 82 valence electrons. The largest absolute Gasteiger partial charge is 0.343 e. The molecule has 1 rings (SSSR count). The molecule has 4 heteroatoms. The van der Waals surface area contributed by atoms with E-state index in [-0.39, 0.29) is 17.9 Å². The molecule has 1 fully saturated rings. The summed E-state index contributed by atoms with van der Waals surface area (Å²) in [5.74, 6) is 2.36. The lowest BCUT2D eigenvalue weighted by molar-refractivity contribution is -0.148. The molecule has 1 saturated heterocycles. The van der Waals surface area contributed by atoms with E-state index in [0.717, 1.165) is 0 Å². The molecular formula is C11H16N2O2. The first-order valence-corrected chi connectivity index (χ1v) is 5.16. The molecule has 1 N–H and O–H groups in total. The molecule has 2 atom stereocenters. The van der Waals surface area contributed by atoms with Crippen LogP contribution in [-0.2, 0) is 9.59 Å². The Labute approximate surface area is 90.0 Å². The minimum absolute atomic E-state index is 0.0447. The van der Waals surface area contributed by atoms with Crippen LogP contribution in [0.5, 0.6) is 0 Å². The number of terminal acetylenes is 1. The van der Waals surface area contributed by atoms with Crippen molar-refractivity contribution in [1.29, 1.82) is 0 Å². The van der Waals surface area contributed by atoms with Gasteiger partial charge in [-0.2, -0.15) is 0 Å². The van der Waals surface area contributed by atoms with E-state index in [1.807, 2.05) is 6.92 Å². The Hall–Kier alpha value is -1.50. The highest BCUT2D eigenvalue weighted by molar-refractivity contribution is 5.96. The third kappa shape index (κ3) is 2.30. The van der Waals surface area contributed by atoms with Gasteiger partial charge >= 0.3 is 0 Å². The second-order valence-corrected chi connectivity index (χ2v) is 3.64. The van der Waals surface area contributed by atoms with Crippen LogP contribution in [-0.4, -0.2) is 35.3 Å². The Kier molecular flexibility index (Phi) is 3.73. The molecule has 0 spiro atoms. The predicted molar refractivity (Wildman–Crippen MR) is 56.8 cm³/mol. The predicted octanol–water partition coefficient (Wildman–Crippen LogP) is 0.135. The summed E-state index contributed by atoms with van der Waals surface area (Å²) in [6, 6.07) is -0.792. The maximum atomic E-state index is 11.8. The topological polar surface area (TPSA) is 49.4 Å². The van der Waals surface area contributed by atoms with Gasteiger partial charge in [0.1, 0.15) is 12.1 Å². The average Bonchev–Trinajstić information content (AvgIpc) is 2.21. The first kappa shape index (κ1) is 11.6. The molecule has 0 radical (unpaired) electrons. The first-order chi connectivity index (χ1) is 7.11. The monoisotopic (exact) mass is 208 g/mol. The number of hydrogen-bond donors (Lipinski definition) is 1. The van der Waals surface area contributed by atoms with Crippen LogP contribution in [0.3, 0.4) is 0 Å². The standard InChI is InChI=1S/C11H16N2O2/c1-4-6-7-13-9(5-2)10(14)12-8(3)11(13)15/h1,8-9H,5-7H2,2-3H3,(H,12,14). The van der Waals surface area contributed by atoms with Crippen LogP contribution in [0.2, 0.25) is 0 Å². The summed E-state index contributed by atoms with van der Waals surface area (Å²) in [5.41, 5.74) is 0. The Balaban J connectivity index is 2.79. The molecule has 0 saturated carbocycles. The van der Waals surface area contributed by atoms with Gasteiger partial charge in [0.25, 0.3) is 0 Å². The summed E-state index contributed by atoms with van der Waals surface area (Å²) in [4.78, 5) is 25.0. The molecule has 1 aliphatic heterocycles. The van der Waals surface area contributed by atoms with Crippen molar-refractivity contribution in [3.8, 4) is 12.3 Å². The van der Waals surface area contributed by atoms with Crippen LogP contribution in [0.15, 0.2) is 0 Å². The molecule has 2 amide bonds. The van der Waals surface area contributed by atoms with Crippen molar-refractivity contribution in [2.75, 3.05) is 6.54 Å². The SMILES string of the molecule is C#CCCN1C(=O)C(C)NC(=O)C1CC. The van der Waals surface area contributed by atoms with Gasteiger partial charge in [-0.15, -0.1) is 12.3 Å². The quantitative estimate of drug-likeness (QED) is 0.670. The van der Waals surface area contributed by atoms with E-state index >= 15 is 0 Å². The third-order valence-electron chi connectivity index (χ3n) is 2.57. The minimum atomic E-state index is -0.432. The molecule has 2 unspecified atom stereocenters. The van der Waals surface area contributed by atoms with E-state index in [4.69, 9.17) is 6.42 Å². The second kappa shape index (κ2) is 4.83. The molecule has 0 bridgehead atoms. The Bertz CT molecular complexity index is 306. The molecule has 0 aromatic rings. The van der Waals surface area contributed by atoms with Crippen LogP contribution in [0, 0.1) is 12.3 Å². The van der Waals surface area contributed by atoms with Crippen LogP contribution < -0.4 is 5.32 Å². The lowest BCUT2D eigenvalue weighted by atomic mass is 10.1. The maximum absolute atomic E-state index is 11.8. The number of nitrogens with one attached hydrogen (secondary N) is 1. The maximum Gasteiger partial charge on any atom is 0.245 e. The van der Waals surface area contributed by atoms with Crippen molar-refractivity contribution in [3.63, 3.8) is 0 Å². The van der Waals surface area contributed by atoms with Gasteiger partial charge < -0.3 is 10.2 Å². The van der Waals surface area contributed by atoms with Gasteiger partial charge in [0.15, 0.2) is 0 Å². The summed E-state index contributed by atoms with van der Waals surface area (Å²) in [5, 5.41) is 2.65. The fourth-order valence-electron chi connectivity index (χ4n) is 1.77. The number of amides is 2. The molecular weight excluding hydrogens is 192 g/mol. The van der Waals surface area contributed by atoms with Crippen LogP contribution >= 0.6 is 0 Å². The summed E-state index contributed by atoms with van der Waals surface area (Å²) in [7, 11) is 0. The number of carbonyl (C=O) groups is 2. The first-order valence-electron chi connectivity index (χ1n) is 5.16. The second-order valence-electron chi connectivity index (χ2n) is 3.64. The van der Waals surface area contributed by atoms with Crippen molar-refractivity contribution >= 4 is 11.8 Å². The van der Waals surface area contributed by atoms with E-state index < -0.39 is 6.04 Å². The zero-order valence-electron chi connectivity index (χ0n) is 9.12. The number of hydrogen-bond acceptors (Lipinski definition) is 2. The molecule has 0 aromatic carbocycles. The van der Waals surface area contributed by atoms with E-state index in [1.54, 1.807) is 11.8 Å². The molecule has 1 heterocycles. The van der Waals surface area contributed by atoms with Gasteiger partial charge in [0, 0.05) is 13.0 Å². The summed E-state index contributed by atoms with van der Waals surface area (Å²) < 4.78 is 0. The van der Waals surface area contributed by atoms with Crippen LogP contribution in [0.1, 0.15) is 26.7 Å². The van der Waals surface area contributed by atoms with E-state index in [9.17, 15) is 9.59 Å². The van der Waals surface area contributed by atoms with Crippen molar-refractivity contribution in [1.82, 2.24) is 10.2 Å². The van der Waals surface area contributed by atoms with E-state index in [1.165, 1.54) is 0 Å². The fraction of sp³-hybridized carbons (Fsp3) is 0.636. The van der Waals surface area contributed by atoms with Gasteiger partial charge in [0.2, 0.25) is 11.8 Å². The molecule has 4 nitrogen and oxygen atoms in total. The van der Waals surface area contributed by atoms with Gasteiger partial charge in [-0.1, -0.05) is 6.92 Å². The average molecular weight is 208 g/mol. The van der Waals surface area contributed by atoms with Gasteiger partial charge in [-0.3, -0.25) is 9.59 Å². The van der Waals surface area contributed by atoms with E-state index in [2.05, 4.69) is 11.2 Å². The van der Waals surface area contributed by atoms with Crippen molar-refractivity contribution < 1.29 is 9.59 Å². The Morgan fingerprint density at radius 2 is 2.20 bits per heavy atom. The molecule has 1 aliphatic rings. The number of rotatable bonds is 3. The molecule has 0 aromatic heterocycles. The Morgan fingerprint density at radius 1 is 1.53 bits per heavy atom. The number of piperazine rings is 1. The highest BCUT2D eigenvalue weighted by atomic mass is 16.2. The smallest absolute Gasteiger partial charge is 0.245 e. The lowest BCUT2D eigenvalue weighted by Gasteiger charge is -2.37. The van der Waals surface area contributed by atoms with Crippen molar-refractivity contribution in [2.45, 2.75) is 38.8 Å². The third-order valence-corrected chi connectivity index (χ3v) is 2.57. The van der Waals surface area contributed by atoms with Gasteiger partial charge in [0.05, 0.1) is 0 Å². The minimum Gasteiger partial charge on any atom is -0.343 e. The summed E-state index contributed by atoms with van der Waals surface area (Å²) >= 11 is 0. The Morgan fingerprint density at radius 3 is 2.73 bits per heavy atom. The van der Waals surface area contributed by atoms with Crippen LogP contribution in [0.25, 0.3) is 0 Å². The number of nitrogens with zero attached hydrogens (tertiary/aromatic N) is 1. The lowest BCUT2D eigenvalue weighted by Crippen LogP contribution is -2.62. The highest BCUT2D eigenvalue weighted by Crippen LogP contribution is 2.13. The normalized spacial score (nSPS) is 26.1. The highest BCUT2D eigenvalue weighted by Gasteiger charge is 2.36. The van der Waals surface area contributed by atoms with Crippen molar-refractivity contribution in [3.05, 3.63) is 0 Å².